The topological polar surface area (TPSA) is 81.8 Å². The van der Waals surface area contributed by atoms with Crippen LogP contribution in [0.5, 0.6) is 0 Å². The number of piperidine rings is 1. The van der Waals surface area contributed by atoms with E-state index in [4.69, 9.17) is 0 Å². The van der Waals surface area contributed by atoms with Crippen molar-refractivity contribution in [2.24, 2.45) is 5.92 Å². The Hall–Kier alpha value is -2.57. The molecule has 2 N–H and O–H groups in total. The molecule has 0 saturated carbocycles. The van der Waals surface area contributed by atoms with Gasteiger partial charge in [-0.3, -0.25) is 9.59 Å². The molecule has 27 heavy (non-hydrogen) atoms. The Balaban J connectivity index is 1.58. The molecule has 1 aromatic carbocycles. The van der Waals surface area contributed by atoms with Gasteiger partial charge in [-0.25, -0.2) is 4.79 Å². The van der Waals surface area contributed by atoms with Crippen LogP contribution in [0.3, 0.4) is 0 Å². The highest BCUT2D eigenvalue weighted by Crippen LogP contribution is 2.20. The molecule has 0 radical (unpaired) electrons. The summed E-state index contributed by atoms with van der Waals surface area (Å²) < 4.78 is 0. The number of benzene rings is 1. The molecule has 7 nitrogen and oxygen atoms in total. The third kappa shape index (κ3) is 4.78. The summed E-state index contributed by atoms with van der Waals surface area (Å²) in [5.74, 6) is -0.132. The van der Waals surface area contributed by atoms with E-state index in [9.17, 15) is 14.4 Å². The Morgan fingerprint density at radius 2 is 1.85 bits per heavy atom. The molecule has 0 spiro atoms. The third-order valence-corrected chi connectivity index (χ3v) is 5.20. The van der Waals surface area contributed by atoms with Crippen molar-refractivity contribution < 1.29 is 14.4 Å². The summed E-state index contributed by atoms with van der Waals surface area (Å²) in [5.41, 5.74) is 1.20. The monoisotopic (exact) mass is 372 g/mol. The number of hydrogen-bond donors (Lipinski definition) is 2. The molecule has 1 aromatic rings. The molecule has 2 aliphatic heterocycles. The molecule has 2 saturated heterocycles. The van der Waals surface area contributed by atoms with Crippen molar-refractivity contribution in [2.75, 3.05) is 38.0 Å². The maximum Gasteiger partial charge on any atom is 0.321 e. The Morgan fingerprint density at radius 1 is 1.07 bits per heavy atom. The average Bonchev–Trinajstić information content (AvgIpc) is 3.19. The second-order valence-electron chi connectivity index (χ2n) is 7.19. The highest BCUT2D eigenvalue weighted by Gasteiger charge is 2.30. The molecule has 2 aliphatic rings. The summed E-state index contributed by atoms with van der Waals surface area (Å²) in [4.78, 5) is 40.6. The number of rotatable bonds is 4. The number of carbonyl (C=O) groups is 3. The second-order valence-corrected chi connectivity index (χ2v) is 7.19. The molecule has 4 amide bonds. The van der Waals surface area contributed by atoms with Crippen LogP contribution < -0.4 is 10.6 Å². The number of amides is 4. The van der Waals surface area contributed by atoms with Crippen LogP contribution in [0.2, 0.25) is 0 Å². The van der Waals surface area contributed by atoms with Crippen molar-refractivity contribution in [3.8, 4) is 0 Å². The summed E-state index contributed by atoms with van der Waals surface area (Å²) >= 11 is 0. The van der Waals surface area contributed by atoms with Gasteiger partial charge in [0.2, 0.25) is 5.91 Å². The minimum atomic E-state index is -0.232. The summed E-state index contributed by atoms with van der Waals surface area (Å²) in [6.45, 7) is 5.05. The third-order valence-electron chi connectivity index (χ3n) is 5.20. The molecule has 2 fully saturated rings. The van der Waals surface area contributed by atoms with E-state index in [1.165, 1.54) is 6.42 Å². The van der Waals surface area contributed by atoms with Gasteiger partial charge >= 0.3 is 6.03 Å². The highest BCUT2D eigenvalue weighted by atomic mass is 16.2. The number of anilines is 1. The van der Waals surface area contributed by atoms with E-state index in [0.29, 0.717) is 37.3 Å². The van der Waals surface area contributed by atoms with Crippen LogP contribution >= 0.6 is 0 Å². The number of nitrogens with one attached hydrogen (secondary N) is 2. The van der Waals surface area contributed by atoms with Crippen LogP contribution in [-0.2, 0) is 4.79 Å². The van der Waals surface area contributed by atoms with Crippen LogP contribution in [-0.4, -0.2) is 60.4 Å². The van der Waals surface area contributed by atoms with Gasteiger partial charge in [-0.15, -0.1) is 0 Å². The zero-order valence-corrected chi connectivity index (χ0v) is 15.9. The molecule has 0 aromatic heterocycles. The van der Waals surface area contributed by atoms with E-state index < -0.39 is 0 Å². The van der Waals surface area contributed by atoms with Gasteiger partial charge in [0.15, 0.2) is 0 Å². The second kappa shape index (κ2) is 8.88. The van der Waals surface area contributed by atoms with Crippen molar-refractivity contribution in [1.29, 1.82) is 0 Å². The van der Waals surface area contributed by atoms with Gasteiger partial charge in [0.1, 0.15) is 0 Å². The smallest absolute Gasteiger partial charge is 0.321 e. The molecule has 3 rings (SSSR count). The van der Waals surface area contributed by atoms with Crippen molar-refractivity contribution in [3.05, 3.63) is 29.8 Å². The maximum atomic E-state index is 12.6. The fourth-order valence-corrected chi connectivity index (χ4v) is 3.69. The lowest BCUT2D eigenvalue weighted by Gasteiger charge is -2.27. The lowest BCUT2D eigenvalue weighted by molar-refractivity contribution is -0.124. The van der Waals surface area contributed by atoms with Gasteiger partial charge in [0, 0.05) is 44.0 Å². The van der Waals surface area contributed by atoms with Crippen LogP contribution in [0.25, 0.3) is 0 Å². The molecular weight excluding hydrogens is 344 g/mol. The van der Waals surface area contributed by atoms with Gasteiger partial charge in [-0.2, -0.15) is 0 Å². The van der Waals surface area contributed by atoms with E-state index >= 15 is 0 Å². The minimum absolute atomic E-state index is 0.00178. The lowest BCUT2D eigenvalue weighted by atomic mass is 10.1. The van der Waals surface area contributed by atoms with Crippen LogP contribution in [0.15, 0.2) is 24.3 Å². The van der Waals surface area contributed by atoms with Crippen molar-refractivity contribution in [1.82, 2.24) is 15.1 Å². The fourth-order valence-electron chi connectivity index (χ4n) is 3.69. The SMILES string of the molecule is CCNC(=O)C1CCN(C(=O)Nc2cccc(C(=O)N3CCCCC3)c2)C1. The van der Waals surface area contributed by atoms with Crippen molar-refractivity contribution in [2.45, 2.75) is 32.6 Å². The lowest BCUT2D eigenvalue weighted by Crippen LogP contribution is -2.36. The van der Waals surface area contributed by atoms with Crippen LogP contribution in [0.4, 0.5) is 10.5 Å². The molecule has 0 bridgehead atoms. The number of hydrogen-bond acceptors (Lipinski definition) is 3. The Labute approximate surface area is 160 Å². The number of carbonyl (C=O) groups excluding carboxylic acids is 3. The van der Waals surface area contributed by atoms with Gasteiger partial charge in [0.05, 0.1) is 5.92 Å². The summed E-state index contributed by atoms with van der Waals surface area (Å²) in [6.07, 6.45) is 3.94. The quantitative estimate of drug-likeness (QED) is 0.851. The van der Waals surface area contributed by atoms with E-state index in [2.05, 4.69) is 10.6 Å². The highest BCUT2D eigenvalue weighted by molar-refractivity contribution is 5.97. The van der Waals surface area contributed by atoms with Gasteiger partial charge < -0.3 is 20.4 Å². The standard InChI is InChI=1S/C20H28N4O3/c1-2-21-18(25)16-9-12-24(14-16)20(27)22-17-8-6-7-15(13-17)19(26)23-10-4-3-5-11-23/h6-8,13,16H,2-5,9-12,14H2,1H3,(H,21,25)(H,22,27). The largest absolute Gasteiger partial charge is 0.356 e. The molecule has 1 atom stereocenters. The van der Waals surface area contributed by atoms with Gasteiger partial charge in [-0.05, 0) is 50.8 Å². The number of likely N-dealkylation sites (tertiary alicyclic amines) is 2. The zero-order valence-electron chi connectivity index (χ0n) is 15.9. The average molecular weight is 372 g/mol. The van der Waals surface area contributed by atoms with Gasteiger partial charge in [0.25, 0.3) is 5.91 Å². The Kier molecular flexibility index (Phi) is 6.32. The van der Waals surface area contributed by atoms with E-state index in [-0.39, 0.29) is 23.8 Å². The fraction of sp³-hybridized carbons (Fsp3) is 0.550. The first-order valence-electron chi connectivity index (χ1n) is 9.81. The molecule has 7 heteroatoms. The molecule has 1 unspecified atom stereocenters. The van der Waals surface area contributed by atoms with E-state index in [0.717, 1.165) is 25.9 Å². The normalized spacial score (nSPS) is 19.7. The van der Waals surface area contributed by atoms with Crippen LogP contribution in [0, 0.1) is 5.92 Å². The van der Waals surface area contributed by atoms with Crippen LogP contribution in [0.1, 0.15) is 43.0 Å². The summed E-state index contributed by atoms with van der Waals surface area (Å²) in [6, 6.07) is 6.85. The summed E-state index contributed by atoms with van der Waals surface area (Å²) in [7, 11) is 0. The van der Waals surface area contributed by atoms with Crippen molar-refractivity contribution in [3.63, 3.8) is 0 Å². The minimum Gasteiger partial charge on any atom is -0.356 e. The predicted octanol–water partition coefficient (Wildman–Crippen LogP) is 2.30. The predicted molar refractivity (Wildman–Crippen MR) is 104 cm³/mol. The zero-order chi connectivity index (χ0) is 19.2. The first-order chi connectivity index (χ1) is 13.1. The number of urea groups is 1. The number of nitrogens with zero attached hydrogens (tertiary/aromatic N) is 2. The maximum absolute atomic E-state index is 12.6. The Bertz CT molecular complexity index is 700. The first kappa shape index (κ1) is 19.2. The molecular formula is C20H28N4O3. The van der Waals surface area contributed by atoms with Gasteiger partial charge in [-0.1, -0.05) is 6.07 Å². The van der Waals surface area contributed by atoms with Crippen molar-refractivity contribution >= 4 is 23.5 Å². The Morgan fingerprint density at radius 3 is 2.59 bits per heavy atom. The molecule has 0 aliphatic carbocycles. The van der Waals surface area contributed by atoms with E-state index in [1.54, 1.807) is 29.2 Å². The molecule has 2 heterocycles. The van der Waals surface area contributed by atoms with E-state index in [1.807, 2.05) is 11.8 Å². The summed E-state index contributed by atoms with van der Waals surface area (Å²) in [5, 5.41) is 5.67. The first-order valence-corrected chi connectivity index (χ1v) is 9.81. The molecule has 146 valence electrons.